The highest BCUT2D eigenvalue weighted by molar-refractivity contribution is 6.30. The van der Waals surface area contributed by atoms with E-state index in [9.17, 15) is 9.59 Å². The molecule has 1 aromatic rings. The van der Waals surface area contributed by atoms with Gasteiger partial charge in [0.2, 0.25) is 11.8 Å². The van der Waals surface area contributed by atoms with E-state index >= 15 is 0 Å². The average Bonchev–Trinajstić information content (AvgIpc) is 2.19. The molecule has 0 radical (unpaired) electrons. The number of piperidine rings is 2. The van der Waals surface area contributed by atoms with E-state index in [4.69, 9.17) is 11.6 Å². The molecular weight excluding hydrogens is 226 g/mol. The van der Waals surface area contributed by atoms with E-state index in [0.29, 0.717) is 11.4 Å². The van der Waals surface area contributed by atoms with Crippen molar-refractivity contribution in [2.24, 2.45) is 11.8 Å². The van der Waals surface area contributed by atoms with Crippen molar-refractivity contribution >= 4 is 23.4 Å². The SMILES string of the molecule is O=C1NC(=O)C2CC1C2c1ccc(Cl)cc1. The van der Waals surface area contributed by atoms with Crippen LogP contribution in [0.2, 0.25) is 5.02 Å². The van der Waals surface area contributed by atoms with Crippen LogP contribution in [0.3, 0.4) is 0 Å². The highest BCUT2D eigenvalue weighted by atomic mass is 35.5. The average molecular weight is 236 g/mol. The molecule has 2 amide bonds. The van der Waals surface area contributed by atoms with E-state index in [0.717, 1.165) is 5.56 Å². The van der Waals surface area contributed by atoms with Gasteiger partial charge in [-0.2, -0.15) is 0 Å². The zero-order valence-corrected chi connectivity index (χ0v) is 9.20. The molecule has 3 aliphatic rings. The Morgan fingerprint density at radius 2 is 1.62 bits per heavy atom. The summed E-state index contributed by atoms with van der Waals surface area (Å²) in [5.74, 6) is -0.286. The van der Waals surface area contributed by atoms with E-state index < -0.39 is 0 Å². The maximum absolute atomic E-state index is 11.5. The first-order valence-corrected chi connectivity index (χ1v) is 5.65. The van der Waals surface area contributed by atoms with Crippen LogP contribution < -0.4 is 5.32 Å². The quantitative estimate of drug-likeness (QED) is 0.754. The number of carbonyl (C=O) groups is 2. The Morgan fingerprint density at radius 1 is 1.06 bits per heavy atom. The van der Waals surface area contributed by atoms with Crippen LogP contribution in [0.5, 0.6) is 0 Å². The van der Waals surface area contributed by atoms with Crippen LogP contribution in [0, 0.1) is 11.8 Å². The summed E-state index contributed by atoms with van der Waals surface area (Å²) >= 11 is 5.81. The number of benzene rings is 1. The monoisotopic (exact) mass is 235 g/mol. The van der Waals surface area contributed by atoms with Gasteiger partial charge in [0.05, 0.1) is 0 Å². The second-order valence-electron chi connectivity index (χ2n) is 4.38. The van der Waals surface area contributed by atoms with Crippen molar-refractivity contribution < 1.29 is 9.59 Å². The van der Waals surface area contributed by atoms with Crippen molar-refractivity contribution in [3.63, 3.8) is 0 Å². The number of hydrogen-bond acceptors (Lipinski definition) is 2. The minimum absolute atomic E-state index is 0.0381. The normalized spacial score (nSPS) is 31.9. The molecule has 4 rings (SSSR count). The van der Waals surface area contributed by atoms with Crippen LogP contribution in [0.1, 0.15) is 17.9 Å². The van der Waals surface area contributed by atoms with Crippen molar-refractivity contribution in [1.29, 1.82) is 0 Å². The molecule has 1 saturated carbocycles. The second-order valence-corrected chi connectivity index (χ2v) is 4.82. The van der Waals surface area contributed by atoms with Crippen molar-refractivity contribution in [1.82, 2.24) is 5.32 Å². The third-order valence-electron chi connectivity index (χ3n) is 3.55. The second kappa shape index (κ2) is 3.32. The number of imide groups is 1. The molecular formula is C12H10ClNO2. The third kappa shape index (κ3) is 1.28. The van der Waals surface area contributed by atoms with Gasteiger partial charge in [0.25, 0.3) is 0 Å². The number of amides is 2. The predicted molar refractivity (Wildman–Crippen MR) is 58.9 cm³/mol. The number of halogens is 1. The van der Waals surface area contributed by atoms with Crippen LogP contribution >= 0.6 is 11.6 Å². The number of hydrogen-bond donors (Lipinski definition) is 1. The lowest BCUT2D eigenvalue weighted by Gasteiger charge is -2.47. The van der Waals surface area contributed by atoms with E-state index in [1.54, 1.807) is 12.1 Å². The lowest BCUT2D eigenvalue weighted by molar-refractivity contribution is -0.150. The first kappa shape index (κ1) is 9.85. The smallest absolute Gasteiger partial charge is 0.230 e. The first-order chi connectivity index (χ1) is 7.66. The van der Waals surface area contributed by atoms with Gasteiger partial charge in [-0.1, -0.05) is 23.7 Å². The van der Waals surface area contributed by atoms with Gasteiger partial charge >= 0.3 is 0 Å². The molecule has 3 fully saturated rings. The van der Waals surface area contributed by atoms with Gasteiger partial charge in [-0.15, -0.1) is 0 Å². The van der Waals surface area contributed by atoms with E-state index in [-0.39, 0.29) is 29.6 Å². The van der Waals surface area contributed by atoms with Crippen molar-refractivity contribution in [3.8, 4) is 0 Å². The molecule has 1 aromatic carbocycles. The Hall–Kier alpha value is -1.35. The summed E-state index contributed by atoms with van der Waals surface area (Å²) in [7, 11) is 0. The van der Waals surface area contributed by atoms with Crippen molar-refractivity contribution in [2.45, 2.75) is 12.3 Å². The fraction of sp³-hybridized carbons (Fsp3) is 0.333. The number of rotatable bonds is 1. The lowest BCUT2D eigenvalue weighted by Crippen LogP contribution is -2.59. The maximum atomic E-state index is 11.5. The fourth-order valence-electron chi connectivity index (χ4n) is 2.65. The van der Waals surface area contributed by atoms with Gasteiger partial charge in [0.1, 0.15) is 0 Å². The summed E-state index contributed by atoms with van der Waals surface area (Å²) in [6, 6.07) is 7.40. The molecule has 4 heteroatoms. The van der Waals surface area contributed by atoms with Crippen molar-refractivity contribution in [3.05, 3.63) is 34.9 Å². The van der Waals surface area contributed by atoms with E-state index in [2.05, 4.69) is 5.32 Å². The zero-order valence-electron chi connectivity index (χ0n) is 8.44. The summed E-state index contributed by atoms with van der Waals surface area (Å²) in [6.45, 7) is 0. The Balaban J connectivity index is 1.94. The molecule has 2 aliphatic heterocycles. The van der Waals surface area contributed by atoms with Gasteiger partial charge in [0, 0.05) is 22.8 Å². The molecule has 0 spiro atoms. The van der Waals surface area contributed by atoms with Gasteiger partial charge in [-0.05, 0) is 24.1 Å². The molecule has 1 aliphatic carbocycles. The van der Waals surface area contributed by atoms with Crippen LogP contribution in [0.15, 0.2) is 24.3 Å². The maximum Gasteiger partial charge on any atom is 0.230 e. The van der Waals surface area contributed by atoms with Gasteiger partial charge in [-0.25, -0.2) is 0 Å². The minimum Gasteiger partial charge on any atom is -0.296 e. The molecule has 1 N–H and O–H groups in total. The molecule has 2 saturated heterocycles. The Labute approximate surface area is 97.8 Å². The van der Waals surface area contributed by atoms with Gasteiger partial charge < -0.3 is 0 Å². The summed E-state index contributed by atoms with van der Waals surface area (Å²) in [5, 5.41) is 3.06. The molecule has 2 unspecified atom stereocenters. The zero-order chi connectivity index (χ0) is 11.3. The van der Waals surface area contributed by atoms with E-state index in [1.165, 1.54) is 0 Å². The van der Waals surface area contributed by atoms with Gasteiger partial charge in [0.15, 0.2) is 0 Å². The lowest BCUT2D eigenvalue weighted by atomic mass is 9.59. The highest BCUT2D eigenvalue weighted by Gasteiger charge is 2.54. The van der Waals surface area contributed by atoms with E-state index in [1.807, 2.05) is 12.1 Å². The molecule has 2 bridgehead atoms. The van der Waals surface area contributed by atoms with Gasteiger partial charge in [-0.3, -0.25) is 14.9 Å². The first-order valence-electron chi connectivity index (χ1n) is 5.27. The van der Waals surface area contributed by atoms with Crippen LogP contribution in [0.4, 0.5) is 0 Å². The predicted octanol–water partition coefficient (Wildman–Crippen LogP) is 1.72. The highest BCUT2D eigenvalue weighted by Crippen LogP contribution is 2.50. The largest absolute Gasteiger partial charge is 0.296 e. The molecule has 2 heterocycles. The Kier molecular flexibility index (Phi) is 2.04. The summed E-state index contributed by atoms with van der Waals surface area (Å²) in [4.78, 5) is 23.1. The summed E-state index contributed by atoms with van der Waals surface area (Å²) in [6.07, 6.45) is 0.692. The van der Waals surface area contributed by atoms with Crippen LogP contribution in [0.25, 0.3) is 0 Å². The molecule has 2 atom stereocenters. The molecule has 3 nitrogen and oxygen atoms in total. The number of fused-ring (bicyclic) bond motifs is 2. The summed E-state index contributed by atoms with van der Waals surface area (Å²) < 4.78 is 0. The fourth-order valence-corrected chi connectivity index (χ4v) is 2.77. The standard InChI is InChI=1S/C12H10ClNO2/c13-7-3-1-6(2-4-7)10-8-5-9(10)12(16)14-11(8)15/h1-4,8-10H,5H2,(H,14,15,16). The van der Waals surface area contributed by atoms with Crippen LogP contribution in [-0.4, -0.2) is 11.8 Å². The topological polar surface area (TPSA) is 46.2 Å². The Morgan fingerprint density at radius 3 is 2.12 bits per heavy atom. The Bertz CT molecular complexity index is 448. The molecule has 0 aromatic heterocycles. The number of carbonyl (C=O) groups excluding carboxylic acids is 2. The molecule has 82 valence electrons. The molecule has 16 heavy (non-hydrogen) atoms. The van der Waals surface area contributed by atoms with Crippen molar-refractivity contribution in [2.75, 3.05) is 0 Å². The van der Waals surface area contributed by atoms with Crippen LogP contribution in [-0.2, 0) is 9.59 Å². The third-order valence-corrected chi connectivity index (χ3v) is 3.80. The number of nitrogens with one attached hydrogen (secondary N) is 1. The minimum atomic E-state index is -0.132. The summed E-state index contributed by atoms with van der Waals surface area (Å²) in [5.41, 5.74) is 1.04.